The first kappa shape index (κ1) is 18.5. The van der Waals surface area contributed by atoms with Gasteiger partial charge in [0.2, 0.25) is 5.91 Å². The summed E-state index contributed by atoms with van der Waals surface area (Å²) in [6.45, 7) is 2.73. The summed E-state index contributed by atoms with van der Waals surface area (Å²) in [6.07, 6.45) is 2.69. The fourth-order valence-corrected chi connectivity index (χ4v) is 3.37. The summed E-state index contributed by atoms with van der Waals surface area (Å²) in [4.78, 5) is 13.2. The van der Waals surface area contributed by atoms with Crippen LogP contribution in [0.3, 0.4) is 0 Å². The number of ether oxygens (including phenoxy) is 2. The van der Waals surface area contributed by atoms with Crippen LogP contribution in [0.15, 0.2) is 47.1 Å². The van der Waals surface area contributed by atoms with E-state index in [4.69, 9.17) is 13.9 Å². The average molecular weight is 359 g/mol. The second kappa shape index (κ2) is 7.51. The van der Waals surface area contributed by atoms with E-state index in [-0.39, 0.29) is 12.5 Å². The number of carbonyl (C=O) groups is 1. The van der Waals surface area contributed by atoms with Gasteiger partial charge in [-0.3, -0.25) is 4.79 Å². The first-order chi connectivity index (χ1) is 12.5. The fraction of sp³-hybridized carbons (Fsp3) is 0.450. The molecule has 6 heteroatoms. The predicted molar refractivity (Wildman–Crippen MR) is 96.0 cm³/mol. The molecule has 0 bridgehead atoms. The van der Waals surface area contributed by atoms with E-state index < -0.39 is 11.0 Å². The summed E-state index contributed by atoms with van der Waals surface area (Å²) in [7, 11) is 1.61. The Labute approximate surface area is 153 Å². The zero-order valence-electron chi connectivity index (χ0n) is 15.2. The smallest absolute Gasteiger partial charge is 0.230 e. The van der Waals surface area contributed by atoms with Crippen LogP contribution in [-0.4, -0.2) is 37.9 Å². The van der Waals surface area contributed by atoms with Gasteiger partial charge in [-0.2, -0.15) is 0 Å². The molecular formula is C20H25NO5. The highest BCUT2D eigenvalue weighted by Crippen LogP contribution is 2.36. The zero-order chi connectivity index (χ0) is 18.6. The van der Waals surface area contributed by atoms with Crippen molar-refractivity contribution in [2.75, 3.05) is 26.9 Å². The minimum atomic E-state index is -1.27. The lowest BCUT2D eigenvalue weighted by Crippen LogP contribution is -2.51. The lowest BCUT2D eigenvalue weighted by molar-refractivity contribution is -0.131. The van der Waals surface area contributed by atoms with Crippen molar-refractivity contribution in [2.45, 2.75) is 30.8 Å². The number of aliphatic hydroxyl groups is 1. The summed E-state index contributed by atoms with van der Waals surface area (Å²) in [5, 5.41) is 13.5. The van der Waals surface area contributed by atoms with Gasteiger partial charge in [-0.25, -0.2) is 0 Å². The van der Waals surface area contributed by atoms with Crippen LogP contribution in [0.5, 0.6) is 5.75 Å². The summed E-state index contributed by atoms with van der Waals surface area (Å²) in [5.41, 5.74) is -1.02. The third-order valence-electron chi connectivity index (χ3n) is 5.07. The third-order valence-corrected chi connectivity index (χ3v) is 5.07. The molecule has 1 unspecified atom stereocenters. The summed E-state index contributed by atoms with van der Waals surface area (Å²) in [5.74, 6) is 1.05. The lowest BCUT2D eigenvalue weighted by Gasteiger charge is -2.37. The molecule has 2 heterocycles. The Morgan fingerprint density at radius 1 is 1.27 bits per heavy atom. The molecule has 0 radical (unpaired) electrons. The van der Waals surface area contributed by atoms with E-state index in [0.717, 1.165) is 11.3 Å². The Kier molecular flexibility index (Phi) is 5.34. The van der Waals surface area contributed by atoms with Gasteiger partial charge in [0.05, 0.1) is 25.3 Å². The van der Waals surface area contributed by atoms with Crippen LogP contribution in [0.1, 0.15) is 31.1 Å². The Hall–Kier alpha value is -2.31. The van der Waals surface area contributed by atoms with Gasteiger partial charge in [0.15, 0.2) is 0 Å². The molecule has 1 fully saturated rings. The monoisotopic (exact) mass is 359 g/mol. The quantitative estimate of drug-likeness (QED) is 0.828. The Bertz CT molecular complexity index is 715. The first-order valence-electron chi connectivity index (χ1n) is 8.75. The summed E-state index contributed by atoms with van der Waals surface area (Å²) < 4.78 is 16.0. The molecule has 0 spiro atoms. The van der Waals surface area contributed by atoms with E-state index in [2.05, 4.69) is 5.32 Å². The number of carbonyl (C=O) groups excluding carboxylic acids is 1. The standard InChI is InChI=1S/C20H25NO5/c1-19(23,17-4-3-11-26-17)14-21-18(22)20(9-12-25-13-10-20)15-5-7-16(24-2)8-6-15/h3-8,11,23H,9-10,12-14H2,1-2H3,(H,21,22). The first-order valence-corrected chi connectivity index (χ1v) is 8.75. The molecule has 0 aliphatic carbocycles. The van der Waals surface area contributed by atoms with Gasteiger partial charge >= 0.3 is 0 Å². The SMILES string of the molecule is COc1ccc(C2(C(=O)NCC(C)(O)c3ccco3)CCOCC2)cc1. The van der Waals surface area contributed by atoms with Crippen molar-refractivity contribution < 1.29 is 23.8 Å². The molecule has 1 aromatic heterocycles. The number of methoxy groups -OCH3 is 1. The normalized spacial score (nSPS) is 18.7. The van der Waals surface area contributed by atoms with E-state index in [1.54, 1.807) is 26.2 Å². The number of hydrogen-bond donors (Lipinski definition) is 2. The maximum atomic E-state index is 13.2. The number of rotatable bonds is 6. The maximum Gasteiger partial charge on any atom is 0.230 e. The average Bonchev–Trinajstić information content (AvgIpc) is 3.22. The maximum absolute atomic E-state index is 13.2. The third kappa shape index (κ3) is 3.61. The minimum Gasteiger partial charge on any atom is -0.497 e. The van der Waals surface area contributed by atoms with Gasteiger partial charge in [0.25, 0.3) is 0 Å². The molecule has 1 atom stereocenters. The van der Waals surface area contributed by atoms with Crippen molar-refractivity contribution in [3.05, 3.63) is 54.0 Å². The van der Waals surface area contributed by atoms with Crippen molar-refractivity contribution >= 4 is 5.91 Å². The van der Waals surface area contributed by atoms with Crippen LogP contribution in [-0.2, 0) is 20.5 Å². The number of furan rings is 1. The number of nitrogens with one attached hydrogen (secondary N) is 1. The van der Waals surface area contributed by atoms with Gasteiger partial charge in [0, 0.05) is 13.2 Å². The minimum absolute atomic E-state index is 0.0676. The van der Waals surface area contributed by atoms with E-state index >= 15 is 0 Å². The molecule has 0 saturated carbocycles. The molecule has 6 nitrogen and oxygen atoms in total. The number of hydrogen-bond acceptors (Lipinski definition) is 5. The highest BCUT2D eigenvalue weighted by Gasteiger charge is 2.42. The molecule has 3 rings (SSSR count). The van der Waals surface area contributed by atoms with Crippen LogP contribution < -0.4 is 10.1 Å². The molecule has 26 heavy (non-hydrogen) atoms. The Morgan fingerprint density at radius 3 is 2.54 bits per heavy atom. The highest BCUT2D eigenvalue weighted by atomic mass is 16.5. The predicted octanol–water partition coefficient (Wildman–Crippen LogP) is 2.36. The molecule has 140 valence electrons. The molecular weight excluding hydrogens is 334 g/mol. The lowest BCUT2D eigenvalue weighted by atomic mass is 9.73. The van der Waals surface area contributed by atoms with Crippen LogP contribution in [0, 0.1) is 0 Å². The molecule has 1 aliphatic rings. The second-order valence-electron chi connectivity index (χ2n) is 6.86. The Morgan fingerprint density at radius 2 is 1.96 bits per heavy atom. The van der Waals surface area contributed by atoms with E-state index in [9.17, 15) is 9.90 Å². The van der Waals surface area contributed by atoms with Crippen molar-refractivity contribution in [3.8, 4) is 5.75 Å². The number of amides is 1. The van der Waals surface area contributed by atoms with E-state index in [1.165, 1.54) is 6.26 Å². The molecule has 1 amide bonds. The molecule has 1 aliphatic heterocycles. The fourth-order valence-electron chi connectivity index (χ4n) is 3.37. The molecule has 2 aromatic rings. The zero-order valence-corrected chi connectivity index (χ0v) is 15.2. The van der Waals surface area contributed by atoms with Crippen molar-refractivity contribution in [2.24, 2.45) is 0 Å². The molecule has 1 aromatic carbocycles. The molecule has 1 saturated heterocycles. The van der Waals surface area contributed by atoms with Crippen LogP contribution in [0.4, 0.5) is 0 Å². The largest absolute Gasteiger partial charge is 0.497 e. The van der Waals surface area contributed by atoms with Gasteiger partial charge in [-0.05, 0) is 49.6 Å². The van der Waals surface area contributed by atoms with Crippen LogP contribution >= 0.6 is 0 Å². The van der Waals surface area contributed by atoms with Crippen LogP contribution in [0.25, 0.3) is 0 Å². The van der Waals surface area contributed by atoms with Crippen molar-refractivity contribution in [1.29, 1.82) is 0 Å². The van der Waals surface area contributed by atoms with Gasteiger partial charge in [-0.15, -0.1) is 0 Å². The highest BCUT2D eigenvalue weighted by molar-refractivity contribution is 5.88. The van der Waals surface area contributed by atoms with Crippen LogP contribution in [0.2, 0.25) is 0 Å². The van der Waals surface area contributed by atoms with E-state index in [1.807, 2.05) is 24.3 Å². The van der Waals surface area contributed by atoms with E-state index in [0.29, 0.717) is 31.8 Å². The van der Waals surface area contributed by atoms with Gasteiger partial charge in [-0.1, -0.05) is 12.1 Å². The number of benzene rings is 1. The van der Waals surface area contributed by atoms with Gasteiger partial charge < -0.3 is 24.3 Å². The second-order valence-corrected chi connectivity index (χ2v) is 6.86. The topological polar surface area (TPSA) is 80.9 Å². The Balaban J connectivity index is 1.79. The summed E-state index contributed by atoms with van der Waals surface area (Å²) in [6, 6.07) is 11.0. The summed E-state index contributed by atoms with van der Waals surface area (Å²) >= 11 is 0. The molecule has 2 N–H and O–H groups in total. The van der Waals surface area contributed by atoms with Gasteiger partial charge in [0.1, 0.15) is 17.1 Å². The van der Waals surface area contributed by atoms with Crippen molar-refractivity contribution in [1.82, 2.24) is 5.32 Å². The van der Waals surface area contributed by atoms with Crippen molar-refractivity contribution in [3.63, 3.8) is 0 Å².